The first-order valence-corrected chi connectivity index (χ1v) is 8.02. The zero-order valence-corrected chi connectivity index (χ0v) is 14.3. The van der Waals surface area contributed by atoms with Crippen LogP contribution in [0.3, 0.4) is 0 Å². The molecule has 1 N–H and O–H groups in total. The number of halogens is 1. The number of imidazole rings is 1. The molecule has 0 aliphatic carbocycles. The van der Waals surface area contributed by atoms with E-state index in [1.165, 1.54) is 0 Å². The minimum atomic E-state index is 0.743. The lowest BCUT2D eigenvalue weighted by molar-refractivity contribution is 0.852. The fourth-order valence-corrected chi connectivity index (χ4v) is 2.65. The van der Waals surface area contributed by atoms with E-state index in [2.05, 4.69) is 51.7 Å². The molecule has 0 fully saturated rings. The zero-order chi connectivity index (χ0) is 14.5. The summed E-state index contributed by atoms with van der Waals surface area (Å²) < 4.78 is 3.07. The Morgan fingerprint density at radius 3 is 2.65 bits per heavy atom. The summed E-state index contributed by atoms with van der Waals surface area (Å²) in [5.74, 6) is 1.68. The summed E-state index contributed by atoms with van der Waals surface area (Å²) in [4.78, 5) is 13.5. The van der Waals surface area contributed by atoms with Crippen LogP contribution in [0.25, 0.3) is 11.5 Å². The van der Waals surface area contributed by atoms with Crippen molar-refractivity contribution in [3.63, 3.8) is 0 Å². The molecule has 0 amide bonds. The van der Waals surface area contributed by atoms with Crippen LogP contribution in [-0.4, -0.2) is 26.1 Å². The first-order valence-electron chi connectivity index (χ1n) is 6.94. The molecule has 2 aromatic rings. The van der Waals surface area contributed by atoms with Crippen LogP contribution < -0.4 is 5.32 Å². The minimum Gasteiger partial charge on any atom is -0.369 e. The molecule has 0 aromatic carbocycles. The van der Waals surface area contributed by atoms with Crippen LogP contribution in [0.5, 0.6) is 0 Å². The third-order valence-corrected chi connectivity index (χ3v) is 4.13. The van der Waals surface area contributed by atoms with Gasteiger partial charge in [0.25, 0.3) is 0 Å². The average Bonchev–Trinajstić information content (AvgIpc) is 2.86. The van der Waals surface area contributed by atoms with Crippen molar-refractivity contribution in [1.82, 2.24) is 19.5 Å². The molecule has 2 heterocycles. The number of nitrogens with zero attached hydrogens (tertiary/aromatic N) is 4. The first-order chi connectivity index (χ1) is 9.67. The van der Waals surface area contributed by atoms with Gasteiger partial charge in [-0.2, -0.15) is 0 Å². The fourth-order valence-electron chi connectivity index (χ4n) is 1.94. The molecule has 0 saturated carbocycles. The van der Waals surface area contributed by atoms with Crippen molar-refractivity contribution in [1.29, 1.82) is 0 Å². The number of aromatic nitrogens is 4. The predicted octanol–water partition coefficient (Wildman–Crippen LogP) is 3.26. The Hall–Kier alpha value is -1.18. The highest BCUT2D eigenvalue weighted by molar-refractivity contribution is 14.1. The molecule has 0 aliphatic heterocycles. The van der Waals surface area contributed by atoms with Gasteiger partial charge in [0.05, 0.1) is 21.8 Å². The number of aryl methyl sites for hydroxylation is 2. The summed E-state index contributed by atoms with van der Waals surface area (Å²) in [6.07, 6.45) is 6.69. The summed E-state index contributed by atoms with van der Waals surface area (Å²) in [6.45, 7) is 5.24. The summed E-state index contributed by atoms with van der Waals surface area (Å²) in [7, 11) is 1.96. The highest BCUT2D eigenvalue weighted by Gasteiger charge is 2.14. The van der Waals surface area contributed by atoms with Gasteiger partial charge in [-0.25, -0.2) is 15.0 Å². The van der Waals surface area contributed by atoms with Gasteiger partial charge in [-0.1, -0.05) is 20.3 Å². The maximum atomic E-state index is 4.71. The average molecular weight is 385 g/mol. The predicted molar refractivity (Wildman–Crippen MR) is 89.7 cm³/mol. The third-order valence-electron chi connectivity index (χ3n) is 2.99. The molecule has 0 aliphatic rings. The molecule has 20 heavy (non-hydrogen) atoms. The van der Waals surface area contributed by atoms with E-state index >= 15 is 0 Å². The molecule has 0 atom stereocenters. The molecule has 0 bridgehead atoms. The van der Waals surface area contributed by atoms with E-state index in [1.54, 1.807) is 6.33 Å². The van der Waals surface area contributed by atoms with Crippen LogP contribution in [0.15, 0.2) is 12.5 Å². The maximum Gasteiger partial charge on any atom is 0.180 e. The van der Waals surface area contributed by atoms with E-state index in [-0.39, 0.29) is 0 Å². The van der Waals surface area contributed by atoms with Gasteiger partial charge in [-0.05, 0) is 35.4 Å². The van der Waals surface area contributed by atoms with Crippen LogP contribution in [0.1, 0.15) is 32.4 Å². The van der Waals surface area contributed by atoms with Crippen LogP contribution in [0.2, 0.25) is 0 Å². The van der Waals surface area contributed by atoms with Crippen molar-refractivity contribution in [3.8, 4) is 11.5 Å². The van der Waals surface area contributed by atoms with Gasteiger partial charge < -0.3 is 9.88 Å². The number of rotatable bonds is 6. The van der Waals surface area contributed by atoms with Gasteiger partial charge in [-0.15, -0.1) is 0 Å². The van der Waals surface area contributed by atoms with E-state index in [1.807, 2.05) is 17.8 Å². The Kier molecular flexibility index (Phi) is 5.33. The number of hydrogen-bond donors (Lipinski definition) is 1. The highest BCUT2D eigenvalue weighted by Crippen LogP contribution is 2.24. The summed E-state index contributed by atoms with van der Waals surface area (Å²) in [6, 6.07) is 0. The highest BCUT2D eigenvalue weighted by atomic mass is 127. The third kappa shape index (κ3) is 3.28. The van der Waals surface area contributed by atoms with Crippen molar-refractivity contribution in [2.24, 2.45) is 7.05 Å². The molecule has 0 spiro atoms. The quantitative estimate of drug-likeness (QED) is 0.776. The molecule has 2 rings (SSSR count). The lowest BCUT2D eigenvalue weighted by atomic mass is 10.2. The van der Waals surface area contributed by atoms with E-state index in [0.717, 1.165) is 52.4 Å². The van der Waals surface area contributed by atoms with Crippen molar-refractivity contribution < 1.29 is 0 Å². The van der Waals surface area contributed by atoms with Crippen molar-refractivity contribution in [3.05, 3.63) is 21.8 Å². The molecule has 0 radical (unpaired) electrons. The minimum absolute atomic E-state index is 0.743. The van der Waals surface area contributed by atoms with Gasteiger partial charge in [-0.3, -0.25) is 0 Å². The summed E-state index contributed by atoms with van der Waals surface area (Å²) in [5.41, 5.74) is 2.05. The van der Waals surface area contributed by atoms with Crippen molar-refractivity contribution in [2.45, 2.75) is 33.1 Å². The molecule has 0 saturated heterocycles. The normalized spacial score (nSPS) is 10.8. The van der Waals surface area contributed by atoms with E-state index in [4.69, 9.17) is 4.98 Å². The molecule has 5 nitrogen and oxygen atoms in total. The van der Waals surface area contributed by atoms with E-state index in [0.29, 0.717) is 0 Å². The van der Waals surface area contributed by atoms with Gasteiger partial charge in [0.15, 0.2) is 5.82 Å². The molecular formula is C14H20IN5. The zero-order valence-electron chi connectivity index (χ0n) is 12.1. The second kappa shape index (κ2) is 7.01. The van der Waals surface area contributed by atoms with Gasteiger partial charge in [0, 0.05) is 13.6 Å². The van der Waals surface area contributed by atoms with Crippen LogP contribution >= 0.6 is 22.6 Å². The molecule has 2 aromatic heterocycles. The molecule has 108 valence electrons. The van der Waals surface area contributed by atoms with E-state index < -0.39 is 0 Å². The Morgan fingerprint density at radius 2 is 2.05 bits per heavy atom. The number of hydrogen-bond acceptors (Lipinski definition) is 4. The van der Waals surface area contributed by atoms with E-state index in [9.17, 15) is 0 Å². The second-order valence-corrected chi connectivity index (χ2v) is 5.80. The van der Waals surface area contributed by atoms with Crippen molar-refractivity contribution >= 4 is 28.4 Å². The summed E-state index contributed by atoms with van der Waals surface area (Å²) in [5, 5.41) is 3.39. The maximum absolute atomic E-state index is 4.71. The van der Waals surface area contributed by atoms with Crippen LogP contribution in [0, 0.1) is 3.57 Å². The Balaban J connectivity index is 2.46. The first kappa shape index (κ1) is 15.2. The topological polar surface area (TPSA) is 55.6 Å². The smallest absolute Gasteiger partial charge is 0.180 e. The lowest BCUT2D eigenvalue weighted by Gasteiger charge is -2.12. The SMILES string of the molecule is CCCNc1nc(-c2cncn2C)nc(CCC)c1I. The fraction of sp³-hybridized carbons (Fsp3) is 0.500. The van der Waals surface area contributed by atoms with Gasteiger partial charge >= 0.3 is 0 Å². The second-order valence-electron chi connectivity index (χ2n) is 4.72. The largest absolute Gasteiger partial charge is 0.369 e. The number of nitrogens with one attached hydrogen (secondary N) is 1. The standard InChI is InChI=1S/C14H20IN5/c1-4-6-10-12(15)14(17-7-5-2)19-13(18-10)11-8-16-9-20(11)3/h8-9H,4-7H2,1-3H3,(H,17,18,19). The number of anilines is 1. The van der Waals surface area contributed by atoms with Gasteiger partial charge in [0.2, 0.25) is 0 Å². The lowest BCUT2D eigenvalue weighted by Crippen LogP contribution is -2.10. The molecule has 6 heteroatoms. The Morgan fingerprint density at radius 1 is 1.25 bits per heavy atom. The Bertz CT molecular complexity index is 579. The molecular weight excluding hydrogens is 365 g/mol. The van der Waals surface area contributed by atoms with Gasteiger partial charge in [0.1, 0.15) is 11.5 Å². The summed E-state index contributed by atoms with van der Waals surface area (Å²) >= 11 is 2.34. The Labute approximate surface area is 133 Å². The monoisotopic (exact) mass is 385 g/mol. The molecule has 0 unspecified atom stereocenters. The van der Waals surface area contributed by atoms with Crippen LogP contribution in [-0.2, 0) is 13.5 Å². The van der Waals surface area contributed by atoms with Crippen molar-refractivity contribution in [2.75, 3.05) is 11.9 Å². The van der Waals surface area contributed by atoms with Crippen LogP contribution in [0.4, 0.5) is 5.82 Å².